The van der Waals surface area contributed by atoms with Crippen LogP contribution < -0.4 is 10.6 Å². The Morgan fingerprint density at radius 3 is 1.73 bits per heavy atom. The van der Waals surface area contributed by atoms with Crippen LogP contribution in [-0.4, -0.2) is 28.9 Å². The lowest BCUT2D eigenvalue weighted by Gasteiger charge is -2.19. The zero-order valence-corrected chi connectivity index (χ0v) is 22.1. The number of rotatable bonds is 6. The molecule has 2 rings (SSSR count). The molecule has 0 aliphatic carbocycles. The van der Waals surface area contributed by atoms with Crippen LogP contribution in [-0.2, 0) is 20.9 Å². The predicted octanol–water partition coefficient (Wildman–Crippen LogP) is 4.47. The van der Waals surface area contributed by atoms with Crippen molar-refractivity contribution in [3.63, 3.8) is 0 Å². The van der Waals surface area contributed by atoms with Crippen LogP contribution in [0, 0.1) is 10.7 Å². The van der Waals surface area contributed by atoms with Gasteiger partial charge in [-0.15, -0.1) is 0 Å². The van der Waals surface area contributed by atoms with Crippen molar-refractivity contribution in [2.24, 2.45) is 0 Å². The van der Waals surface area contributed by atoms with Gasteiger partial charge in [-0.1, -0.05) is 12.1 Å². The summed E-state index contributed by atoms with van der Waals surface area (Å²) in [6.07, 6.45) is 0. The molecule has 0 bridgehead atoms. The quantitative estimate of drug-likeness (QED) is 0.297. The van der Waals surface area contributed by atoms with Crippen molar-refractivity contribution in [3.8, 4) is 0 Å². The molecule has 0 spiro atoms. The number of nitrogens with one attached hydrogen (secondary N) is 2. The minimum atomic E-state index is -1.04. The first kappa shape index (κ1) is 24.8. The second-order valence-corrected chi connectivity index (χ2v) is 9.24. The first-order valence-corrected chi connectivity index (χ1v) is 11.5. The van der Waals surface area contributed by atoms with Crippen molar-refractivity contribution in [2.75, 3.05) is 10.6 Å². The summed E-state index contributed by atoms with van der Waals surface area (Å²) >= 11 is 5.91. The molecule has 0 fully saturated rings. The van der Waals surface area contributed by atoms with E-state index in [1.807, 2.05) is 67.8 Å². The van der Waals surface area contributed by atoms with E-state index in [0.29, 0.717) is 27.6 Å². The molecule has 158 valence electrons. The summed E-state index contributed by atoms with van der Waals surface area (Å²) in [5.41, 5.74) is 1.78. The molecule has 0 aliphatic heterocycles. The molecule has 0 atom stereocenters. The van der Waals surface area contributed by atoms with E-state index in [4.69, 9.17) is 9.84 Å². The number of ether oxygens (including phenoxy) is 1. The summed E-state index contributed by atoms with van der Waals surface area (Å²) in [4.78, 5) is 47.1. The van der Waals surface area contributed by atoms with Crippen LogP contribution in [0.3, 0.4) is 0 Å². The Bertz CT molecular complexity index is 995. The molecule has 8 nitrogen and oxygen atoms in total. The van der Waals surface area contributed by atoms with Gasteiger partial charge in [-0.25, -0.2) is 9.59 Å². The number of carbonyl (C=O) groups excluding carboxylic acids is 3. The van der Waals surface area contributed by atoms with Crippen LogP contribution >= 0.6 is 67.8 Å². The van der Waals surface area contributed by atoms with E-state index in [1.165, 1.54) is 26.0 Å². The average Bonchev–Trinajstić information content (AvgIpc) is 2.67. The first-order chi connectivity index (χ1) is 14.0. The smallest absolute Gasteiger partial charge is 0.340 e. The van der Waals surface area contributed by atoms with Crippen LogP contribution in [0.25, 0.3) is 0 Å². The Balaban J connectivity index is 2.40. The van der Waals surface area contributed by atoms with Crippen molar-refractivity contribution in [3.05, 3.63) is 51.7 Å². The Kier molecular flexibility index (Phi) is 8.84. The van der Waals surface area contributed by atoms with Crippen molar-refractivity contribution in [1.29, 1.82) is 0 Å². The molecule has 0 saturated carbocycles. The van der Waals surface area contributed by atoms with E-state index in [1.54, 1.807) is 12.1 Å². The van der Waals surface area contributed by atoms with Gasteiger partial charge in [-0.3, -0.25) is 9.59 Å². The third-order valence-corrected chi connectivity index (χ3v) is 6.93. The van der Waals surface area contributed by atoms with Gasteiger partial charge in [-0.05, 0) is 85.5 Å². The number of hydrogen-bond acceptors (Lipinski definition) is 5. The molecule has 30 heavy (non-hydrogen) atoms. The maximum atomic E-state index is 12.9. The fourth-order valence-electron chi connectivity index (χ4n) is 2.38. The third kappa shape index (κ3) is 6.03. The first-order valence-electron chi connectivity index (χ1n) is 8.27. The largest absolute Gasteiger partial charge is 0.478 e. The normalized spacial score (nSPS) is 10.3. The minimum Gasteiger partial charge on any atom is -0.478 e. The number of benzene rings is 2. The zero-order chi connectivity index (χ0) is 22.6. The molecule has 11 heteroatoms. The highest BCUT2D eigenvalue weighted by Crippen LogP contribution is 2.39. The van der Waals surface area contributed by atoms with Crippen LogP contribution in [0.2, 0.25) is 0 Å². The van der Waals surface area contributed by atoms with E-state index in [-0.39, 0.29) is 29.5 Å². The predicted molar refractivity (Wildman–Crippen MR) is 136 cm³/mol. The number of halogens is 3. The van der Waals surface area contributed by atoms with Gasteiger partial charge in [0.15, 0.2) is 0 Å². The minimum absolute atomic E-state index is 0.0676. The highest BCUT2D eigenvalue weighted by atomic mass is 127. The fraction of sp³-hybridized carbons (Fsp3) is 0.158. The molecule has 2 aromatic carbocycles. The summed E-state index contributed by atoms with van der Waals surface area (Å²) in [5, 5.41) is 14.3. The van der Waals surface area contributed by atoms with Gasteiger partial charge in [0.2, 0.25) is 11.8 Å². The van der Waals surface area contributed by atoms with Crippen LogP contribution in [0.1, 0.15) is 40.1 Å². The number of anilines is 2. The Morgan fingerprint density at radius 1 is 0.867 bits per heavy atom. The van der Waals surface area contributed by atoms with E-state index in [9.17, 15) is 19.2 Å². The molecule has 0 unspecified atom stereocenters. The lowest BCUT2D eigenvalue weighted by Crippen LogP contribution is -2.19. The highest BCUT2D eigenvalue weighted by Gasteiger charge is 2.26. The molecule has 2 aromatic rings. The van der Waals surface area contributed by atoms with Gasteiger partial charge in [0.05, 0.1) is 33.2 Å². The highest BCUT2D eigenvalue weighted by molar-refractivity contribution is 14.1. The van der Waals surface area contributed by atoms with Gasteiger partial charge in [-0.2, -0.15) is 0 Å². The lowest BCUT2D eigenvalue weighted by molar-refractivity contribution is -0.115. The second kappa shape index (κ2) is 10.7. The van der Waals surface area contributed by atoms with Gasteiger partial charge in [0, 0.05) is 13.8 Å². The summed E-state index contributed by atoms with van der Waals surface area (Å²) in [6.45, 7) is 2.63. The van der Waals surface area contributed by atoms with E-state index < -0.39 is 11.9 Å². The van der Waals surface area contributed by atoms with E-state index >= 15 is 0 Å². The Morgan fingerprint density at radius 2 is 1.33 bits per heavy atom. The standard InChI is InChI=1S/C19H15I3N2O6/c1-8(25)23-16-13(20)12(14(21)17(15(16)22)24-9(2)26)19(29)30-7-10-3-5-11(6-4-10)18(27)28/h3-6H,7H2,1-2H3,(H,23,25)(H,24,26)(H,27,28). The summed E-state index contributed by atoms with van der Waals surface area (Å²) in [6, 6.07) is 5.97. The maximum Gasteiger partial charge on any atom is 0.340 e. The SMILES string of the molecule is CC(=O)Nc1c(I)c(NC(C)=O)c(I)c(C(=O)OCc2ccc(C(=O)O)cc2)c1I. The average molecular weight is 748 g/mol. The molecule has 0 saturated heterocycles. The third-order valence-electron chi connectivity index (χ3n) is 3.69. The molecule has 0 aromatic heterocycles. The molecular weight excluding hydrogens is 733 g/mol. The Labute approximate surface area is 212 Å². The van der Waals surface area contributed by atoms with E-state index in [0.717, 1.165) is 0 Å². The van der Waals surface area contributed by atoms with Crippen LogP contribution in [0.4, 0.5) is 11.4 Å². The molecule has 0 heterocycles. The number of carboxylic acids is 1. The molecule has 0 radical (unpaired) electrons. The van der Waals surface area contributed by atoms with Crippen LogP contribution in [0.15, 0.2) is 24.3 Å². The summed E-state index contributed by atoms with van der Waals surface area (Å²) < 4.78 is 6.97. The van der Waals surface area contributed by atoms with Crippen LogP contribution in [0.5, 0.6) is 0 Å². The van der Waals surface area contributed by atoms with Crippen molar-refractivity contribution in [1.82, 2.24) is 0 Å². The lowest BCUT2D eigenvalue weighted by atomic mass is 10.1. The van der Waals surface area contributed by atoms with Gasteiger partial charge in [0.25, 0.3) is 0 Å². The number of aromatic carboxylic acids is 1. The monoisotopic (exact) mass is 748 g/mol. The molecule has 0 aliphatic rings. The van der Waals surface area contributed by atoms with Gasteiger partial charge in [0.1, 0.15) is 6.61 Å². The Hall–Kier alpha value is -1.49. The molecular formula is C19H15I3N2O6. The van der Waals surface area contributed by atoms with Gasteiger partial charge >= 0.3 is 11.9 Å². The number of hydrogen-bond donors (Lipinski definition) is 3. The second-order valence-electron chi connectivity index (χ2n) is 6.01. The maximum absolute atomic E-state index is 12.9. The number of esters is 1. The van der Waals surface area contributed by atoms with E-state index in [2.05, 4.69) is 10.6 Å². The zero-order valence-electron chi connectivity index (χ0n) is 15.6. The van der Waals surface area contributed by atoms with Crippen molar-refractivity contribution >= 4 is 103 Å². The molecule has 2 amide bonds. The number of carboxylic acid groups (broad SMARTS) is 1. The number of carbonyl (C=O) groups is 4. The van der Waals surface area contributed by atoms with Crippen molar-refractivity contribution in [2.45, 2.75) is 20.5 Å². The van der Waals surface area contributed by atoms with Gasteiger partial charge < -0.3 is 20.5 Å². The topological polar surface area (TPSA) is 122 Å². The summed E-state index contributed by atoms with van der Waals surface area (Å²) in [7, 11) is 0. The molecule has 3 N–H and O–H groups in total. The number of amides is 2. The summed E-state index contributed by atoms with van der Waals surface area (Å²) in [5.74, 6) is -2.32. The van der Waals surface area contributed by atoms with Crippen molar-refractivity contribution < 1.29 is 29.0 Å². The fourth-order valence-corrected chi connectivity index (χ4v) is 6.53.